The summed E-state index contributed by atoms with van der Waals surface area (Å²) in [4.78, 5) is 10.5. The molecule has 8 heteroatoms. The Morgan fingerprint density at radius 1 is 1.14 bits per heavy atom. The third-order valence-corrected chi connectivity index (χ3v) is 3.75. The van der Waals surface area contributed by atoms with Crippen LogP contribution in [0.1, 0.15) is 6.42 Å². The number of non-ortho nitro benzene ring substituents is 1. The lowest BCUT2D eigenvalue weighted by Crippen LogP contribution is -2.18. The highest BCUT2D eigenvalue weighted by molar-refractivity contribution is 7.89. The van der Waals surface area contributed by atoms with E-state index in [-0.39, 0.29) is 24.5 Å². The van der Waals surface area contributed by atoms with Gasteiger partial charge in [0.25, 0.3) is 5.69 Å². The second-order valence-corrected chi connectivity index (χ2v) is 6.19. The Morgan fingerprint density at radius 3 is 2.43 bits per heavy atom. The van der Waals surface area contributed by atoms with Gasteiger partial charge in [-0.1, -0.05) is 18.2 Å². The summed E-state index contributed by atoms with van der Waals surface area (Å²) < 4.78 is 27.2. The van der Waals surface area contributed by atoms with Gasteiger partial charge in [0, 0.05) is 11.5 Å². The Kier molecular flexibility index (Phi) is 4.39. The molecule has 2 N–H and O–H groups in total. The Hall–Kier alpha value is -2.19. The van der Waals surface area contributed by atoms with E-state index in [0.717, 1.165) is 0 Å². The van der Waals surface area contributed by atoms with E-state index >= 15 is 0 Å². The molecule has 0 amide bonds. The van der Waals surface area contributed by atoms with Crippen molar-refractivity contribution in [1.82, 2.24) is 0 Å². The number of benzene rings is 2. The fourth-order valence-electron chi connectivity index (χ4n) is 1.98. The first-order valence-electron chi connectivity index (χ1n) is 6.18. The minimum atomic E-state index is -3.51. The largest absolute Gasteiger partial charge is 0.493 e. The molecule has 0 aromatic heterocycles. The number of primary sulfonamides is 1. The first kappa shape index (κ1) is 15.2. The molecule has 0 saturated heterocycles. The highest BCUT2D eigenvalue weighted by Gasteiger charge is 2.14. The van der Waals surface area contributed by atoms with Gasteiger partial charge in [0.2, 0.25) is 10.0 Å². The molecule has 2 aromatic carbocycles. The highest BCUT2D eigenvalue weighted by atomic mass is 32.2. The molecule has 0 spiro atoms. The molecule has 0 atom stereocenters. The van der Waals surface area contributed by atoms with E-state index in [9.17, 15) is 18.5 Å². The van der Waals surface area contributed by atoms with Crippen LogP contribution in [-0.4, -0.2) is 25.7 Å². The lowest BCUT2D eigenvalue weighted by molar-refractivity contribution is -0.383. The molecule has 0 bridgehead atoms. The molecule has 21 heavy (non-hydrogen) atoms. The summed E-state index contributed by atoms with van der Waals surface area (Å²) in [6, 6.07) is 9.71. The van der Waals surface area contributed by atoms with Crippen molar-refractivity contribution in [2.75, 3.05) is 12.4 Å². The van der Waals surface area contributed by atoms with Crippen molar-refractivity contribution in [3.05, 3.63) is 46.5 Å². The van der Waals surface area contributed by atoms with E-state index in [1.807, 2.05) is 0 Å². The van der Waals surface area contributed by atoms with Gasteiger partial charge in [-0.3, -0.25) is 10.1 Å². The fourth-order valence-corrected chi connectivity index (χ4v) is 2.50. The molecule has 0 unspecified atom stereocenters. The van der Waals surface area contributed by atoms with Crippen LogP contribution in [0.25, 0.3) is 10.8 Å². The van der Waals surface area contributed by atoms with E-state index < -0.39 is 14.9 Å². The van der Waals surface area contributed by atoms with E-state index in [1.54, 1.807) is 24.3 Å². The van der Waals surface area contributed by atoms with Gasteiger partial charge in [0.1, 0.15) is 5.75 Å². The molecular weight excluding hydrogens is 296 g/mol. The zero-order valence-corrected chi connectivity index (χ0v) is 11.9. The first-order chi connectivity index (χ1) is 9.88. The Balaban J connectivity index is 2.22. The highest BCUT2D eigenvalue weighted by Crippen LogP contribution is 2.32. The number of hydrogen-bond acceptors (Lipinski definition) is 5. The van der Waals surface area contributed by atoms with Gasteiger partial charge < -0.3 is 4.74 Å². The second-order valence-electron chi connectivity index (χ2n) is 4.45. The maximum atomic E-state index is 11.0. The average molecular weight is 310 g/mol. The summed E-state index contributed by atoms with van der Waals surface area (Å²) in [6.07, 6.45) is 0.254. The predicted octanol–water partition coefficient (Wildman–Crippen LogP) is 1.81. The van der Waals surface area contributed by atoms with Crippen molar-refractivity contribution in [3.63, 3.8) is 0 Å². The molecule has 0 fully saturated rings. The Labute approximate surface area is 121 Å². The van der Waals surface area contributed by atoms with Crippen molar-refractivity contribution in [2.24, 2.45) is 5.14 Å². The molecule has 0 aliphatic rings. The number of sulfonamides is 1. The summed E-state index contributed by atoms with van der Waals surface area (Å²) in [7, 11) is -3.51. The molecule has 0 heterocycles. The molecule has 7 nitrogen and oxygen atoms in total. The number of nitrogens with two attached hydrogens (primary N) is 1. The smallest absolute Gasteiger partial charge is 0.277 e. The normalized spacial score (nSPS) is 11.5. The molecule has 0 radical (unpaired) electrons. The number of nitrogens with zero attached hydrogens (tertiary/aromatic N) is 1. The van der Waals surface area contributed by atoms with E-state index in [4.69, 9.17) is 9.88 Å². The monoisotopic (exact) mass is 310 g/mol. The van der Waals surface area contributed by atoms with Crippen LogP contribution in [0.2, 0.25) is 0 Å². The Morgan fingerprint density at radius 2 is 1.81 bits per heavy atom. The van der Waals surface area contributed by atoms with Gasteiger partial charge in [0.05, 0.1) is 22.7 Å². The van der Waals surface area contributed by atoms with Crippen LogP contribution in [0.3, 0.4) is 0 Å². The van der Waals surface area contributed by atoms with Gasteiger partial charge in [-0.25, -0.2) is 13.6 Å². The van der Waals surface area contributed by atoms with Crippen molar-refractivity contribution < 1.29 is 18.1 Å². The van der Waals surface area contributed by atoms with E-state index in [1.165, 1.54) is 12.1 Å². The van der Waals surface area contributed by atoms with Crippen molar-refractivity contribution in [3.8, 4) is 5.75 Å². The van der Waals surface area contributed by atoms with Gasteiger partial charge in [-0.05, 0) is 18.6 Å². The third-order valence-electron chi connectivity index (χ3n) is 2.89. The minimum absolute atomic E-state index is 0.00230. The van der Waals surface area contributed by atoms with Crippen LogP contribution < -0.4 is 9.88 Å². The van der Waals surface area contributed by atoms with Gasteiger partial charge in [-0.15, -0.1) is 0 Å². The molecule has 0 saturated carbocycles. The summed E-state index contributed by atoms with van der Waals surface area (Å²) >= 11 is 0. The van der Waals surface area contributed by atoms with Crippen LogP contribution in [0.15, 0.2) is 36.4 Å². The molecule has 0 aliphatic heterocycles. The Bertz CT molecular complexity index is 773. The lowest BCUT2D eigenvalue weighted by Gasteiger charge is -2.09. The van der Waals surface area contributed by atoms with Crippen LogP contribution in [0.4, 0.5) is 5.69 Å². The summed E-state index contributed by atoms with van der Waals surface area (Å²) in [5, 5.41) is 17.0. The summed E-state index contributed by atoms with van der Waals surface area (Å²) in [5.41, 5.74) is 0.00230. The number of hydrogen-bond donors (Lipinski definition) is 1. The quantitative estimate of drug-likeness (QED) is 0.496. The van der Waals surface area contributed by atoms with Crippen molar-refractivity contribution in [1.29, 1.82) is 0 Å². The van der Waals surface area contributed by atoms with Crippen molar-refractivity contribution in [2.45, 2.75) is 6.42 Å². The average Bonchev–Trinajstić information content (AvgIpc) is 2.42. The van der Waals surface area contributed by atoms with Crippen LogP contribution in [-0.2, 0) is 10.0 Å². The molecule has 0 aliphatic carbocycles. The van der Waals surface area contributed by atoms with Gasteiger partial charge in [0.15, 0.2) is 0 Å². The van der Waals surface area contributed by atoms with Crippen molar-refractivity contribution >= 4 is 26.5 Å². The SMILES string of the molecule is NS(=O)(=O)CCCOc1ccc([N+](=O)[O-])c2ccccc12. The predicted molar refractivity (Wildman–Crippen MR) is 78.7 cm³/mol. The van der Waals surface area contributed by atoms with Gasteiger partial charge in [-0.2, -0.15) is 0 Å². The summed E-state index contributed by atoms with van der Waals surface area (Å²) in [5.74, 6) is 0.309. The lowest BCUT2D eigenvalue weighted by atomic mass is 10.1. The molecule has 2 aromatic rings. The zero-order valence-electron chi connectivity index (χ0n) is 11.1. The molecule has 112 valence electrons. The minimum Gasteiger partial charge on any atom is -0.493 e. The molecular formula is C13H14N2O5S. The number of nitro groups is 1. The maximum absolute atomic E-state index is 11.0. The zero-order chi connectivity index (χ0) is 15.5. The summed E-state index contributed by atoms with van der Waals surface area (Å²) in [6.45, 7) is 0.165. The third kappa shape index (κ3) is 3.89. The van der Waals surface area contributed by atoms with E-state index in [0.29, 0.717) is 16.5 Å². The van der Waals surface area contributed by atoms with Gasteiger partial charge >= 0.3 is 0 Å². The van der Waals surface area contributed by atoms with Crippen LogP contribution in [0, 0.1) is 10.1 Å². The standard InChI is InChI=1S/C13H14N2O5S/c14-21(18,19)9-3-8-20-13-7-6-12(15(16)17)10-4-1-2-5-11(10)13/h1-2,4-7H,3,8-9H2,(H2,14,18,19). The van der Waals surface area contributed by atoms with Crippen LogP contribution >= 0.6 is 0 Å². The number of ether oxygens (including phenoxy) is 1. The van der Waals surface area contributed by atoms with E-state index in [2.05, 4.69) is 0 Å². The topological polar surface area (TPSA) is 113 Å². The number of rotatable bonds is 6. The maximum Gasteiger partial charge on any atom is 0.277 e. The number of fused-ring (bicyclic) bond motifs is 1. The van der Waals surface area contributed by atoms with Crippen LogP contribution in [0.5, 0.6) is 5.75 Å². The number of nitro benzene ring substituents is 1. The molecule has 2 rings (SSSR count). The second kappa shape index (κ2) is 6.06. The fraction of sp³-hybridized carbons (Fsp3) is 0.231. The first-order valence-corrected chi connectivity index (χ1v) is 7.89.